The molecule has 7 heteroatoms. The molecule has 0 saturated heterocycles. The highest BCUT2D eigenvalue weighted by molar-refractivity contribution is 6.32. The number of rotatable bonds is 7. The van der Waals surface area contributed by atoms with Crippen molar-refractivity contribution < 1.29 is 14.3 Å². The molecular formula is C22H24ClN3O3. The van der Waals surface area contributed by atoms with E-state index in [0.29, 0.717) is 22.1 Å². The molecule has 0 saturated carbocycles. The minimum absolute atomic E-state index is 0.0635. The normalized spacial score (nSPS) is 11.9. The van der Waals surface area contributed by atoms with E-state index < -0.39 is 0 Å². The quantitative estimate of drug-likeness (QED) is 0.603. The van der Waals surface area contributed by atoms with Crippen molar-refractivity contribution in [3.8, 4) is 17.2 Å². The first-order valence-electron chi connectivity index (χ1n) is 9.32. The monoisotopic (exact) mass is 413 g/mol. The zero-order chi connectivity index (χ0) is 21.0. The molecule has 152 valence electrons. The van der Waals surface area contributed by atoms with Gasteiger partial charge in [0.1, 0.15) is 0 Å². The topological polar surface area (TPSA) is 65.4 Å². The molecule has 0 aliphatic carbocycles. The Labute approximate surface area is 175 Å². The van der Waals surface area contributed by atoms with Crippen LogP contribution >= 0.6 is 11.6 Å². The standard InChI is InChI=1S/C22H24ClN3O3/c1-14(2)29-21-19(23)11-17(12-20(21)28-4)22(27)25-15(3)16-5-7-18(8-6-16)26-10-9-24-13-26/h5-15H,1-4H3,(H,25,27)/t15-/m0/s1. The number of carbonyl (C=O) groups is 1. The molecule has 0 fully saturated rings. The fourth-order valence-electron chi connectivity index (χ4n) is 2.91. The summed E-state index contributed by atoms with van der Waals surface area (Å²) in [5.41, 5.74) is 2.40. The molecule has 2 aromatic carbocycles. The van der Waals surface area contributed by atoms with E-state index in [1.54, 1.807) is 24.7 Å². The summed E-state index contributed by atoms with van der Waals surface area (Å²) >= 11 is 6.33. The predicted octanol–water partition coefficient (Wildman–Crippen LogP) is 4.81. The highest BCUT2D eigenvalue weighted by Crippen LogP contribution is 2.37. The van der Waals surface area contributed by atoms with E-state index in [2.05, 4.69) is 10.3 Å². The first-order valence-corrected chi connectivity index (χ1v) is 9.70. The van der Waals surface area contributed by atoms with Gasteiger partial charge in [-0.25, -0.2) is 4.98 Å². The van der Waals surface area contributed by atoms with E-state index in [4.69, 9.17) is 21.1 Å². The van der Waals surface area contributed by atoms with E-state index in [1.807, 2.05) is 55.8 Å². The second-order valence-corrected chi connectivity index (χ2v) is 7.32. The van der Waals surface area contributed by atoms with Crippen LogP contribution in [0.25, 0.3) is 5.69 Å². The first-order chi connectivity index (χ1) is 13.9. The zero-order valence-corrected chi connectivity index (χ0v) is 17.6. The van der Waals surface area contributed by atoms with Crippen LogP contribution in [-0.4, -0.2) is 28.7 Å². The van der Waals surface area contributed by atoms with Gasteiger partial charge in [-0.1, -0.05) is 23.7 Å². The predicted molar refractivity (Wildman–Crippen MR) is 113 cm³/mol. The van der Waals surface area contributed by atoms with Gasteiger partial charge in [-0.3, -0.25) is 4.79 Å². The lowest BCUT2D eigenvalue weighted by molar-refractivity contribution is 0.0939. The van der Waals surface area contributed by atoms with Gasteiger partial charge in [0.2, 0.25) is 0 Å². The minimum Gasteiger partial charge on any atom is -0.493 e. The lowest BCUT2D eigenvalue weighted by Gasteiger charge is -2.18. The van der Waals surface area contributed by atoms with Crippen LogP contribution in [0.3, 0.4) is 0 Å². The number of ether oxygens (including phenoxy) is 2. The maximum absolute atomic E-state index is 12.8. The van der Waals surface area contributed by atoms with Crippen molar-refractivity contribution >= 4 is 17.5 Å². The summed E-state index contributed by atoms with van der Waals surface area (Å²) < 4.78 is 13.0. The molecule has 1 amide bonds. The molecule has 0 spiro atoms. The molecule has 0 aliphatic heterocycles. The van der Waals surface area contributed by atoms with Crippen LogP contribution in [0, 0.1) is 0 Å². The Bertz CT molecular complexity index is 970. The van der Waals surface area contributed by atoms with Crippen LogP contribution in [0.15, 0.2) is 55.1 Å². The van der Waals surface area contributed by atoms with Gasteiger partial charge < -0.3 is 19.4 Å². The van der Waals surface area contributed by atoms with Crippen molar-refractivity contribution in [2.24, 2.45) is 0 Å². The summed E-state index contributed by atoms with van der Waals surface area (Å²) in [7, 11) is 1.52. The van der Waals surface area contributed by atoms with Crippen LogP contribution in [0.1, 0.15) is 42.7 Å². The van der Waals surface area contributed by atoms with Crippen LogP contribution in [-0.2, 0) is 0 Å². The van der Waals surface area contributed by atoms with Crippen LogP contribution in [0.4, 0.5) is 0 Å². The summed E-state index contributed by atoms with van der Waals surface area (Å²) in [5, 5.41) is 3.33. The van der Waals surface area contributed by atoms with Crippen molar-refractivity contribution in [3.63, 3.8) is 0 Å². The van der Waals surface area contributed by atoms with Crippen molar-refractivity contribution in [3.05, 3.63) is 71.3 Å². The smallest absolute Gasteiger partial charge is 0.251 e. The van der Waals surface area contributed by atoms with Gasteiger partial charge in [-0.2, -0.15) is 0 Å². The van der Waals surface area contributed by atoms with Crippen LogP contribution < -0.4 is 14.8 Å². The van der Waals surface area contributed by atoms with Gasteiger partial charge in [0.15, 0.2) is 11.5 Å². The van der Waals surface area contributed by atoms with Crippen molar-refractivity contribution in [1.82, 2.24) is 14.9 Å². The third-order valence-electron chi connectivity index (χ3n) is 4.39. The number of benzene rings is 2. The lowest BCUT2D eigenvalue weighted by atomic mass is 10.1. The second kappa shape index (κ2) is 9.01. The number of imidazole rings is 1. The molecule has 29 heavy (non-hydrogen) atoms. The van der Waals surface area contributed by atoms with Gasteiger partial charge in [0, 0.05) is 23.6 Å². The van der Waals surface area contributed by atoms with Gasteiger partial charge >= 0.3 is 0 Å². The number of nitrogens with one attached hydrogen (secondary N) is 1. The van der Waals surface area contributed by atoms with Gasteiger partial charge in [-0.15, -0.1) is 0 Å². The van der Waals surface area contributed by atoms with Crippen molar-refractivity contribution in [1.29, 1.82) is 0 Å². The Morgan fingerprint density at radius 1 is 1.17 bits per heavy atom. The zero-order valence-electron chi connectivity index (χ0n) is 16.8. The molecule has 0 radical (unpaired) electrons. The number of carbonyl (C=O) groups excluding carboxylic acids is 1. The van der Waals surface area contributed by atoms with Gasteiger partial charge in [-0.05, 0) is 50.6 Å². The molecule has 3 aromatic rings. The van der Waals surface area contributed by atoms with E-state index in [1.165, 1.54) is 7.11 Å². The van der Waals surface area contributed by atoms with Crippen molar-refractivity contribution in [2.45, 2.75) is 32.9 Å². The number of hydrogen-bond donors (Lipinski definition) is 1. The SMILES string of the molecule is COc1cc(C(=O)N[C@@H](C)c2ccc(-n3ccnc3)cc2)cc(Cl)c1OC(C)C. The molecule has 1 atom stereocenters. The Kier molecular flexibility index (Phi) is 6.44. The molecule has 6 nitrogen and oxygen atoms in total. The second-order valence-electron chi connectivity index (χ2n) is 6.91. The van der Waals surface area contributed by atoms with E-state index in [-0.39, 0.29) is 18.1 Å². The molecular weight excluding hydrogens is 390 g/mol. The number of hydrogen-bond acceptors (Lipinski definition) is 4. The summed E-state index contributed by atoms with van der Waals surface area (Å²) in [5.74, 6) is 0.616. The molecule has 0 aliphatic rings. The molecule has 3 rings (SSSR count). The van der Waals surface area contributed by atoms with Crippen LogP contribution in [0.5, 0.6) is 11.5 Å². The fourth-order valence-corrected chi connectivity index (χ4v) is 3.17. The maximum atomic E-state index is 12.8. The summed E-state index contributed by atoms with van der Waals surface area (Å²) in [6.07, 6.45) is 5.29. The Balaban J connectivity index is 1.74. The molecule has 1 N–H and O–H groups in total. The highest BCUT2D eigenvalue weighted by Gasteiger charge is 2.18. The number of aromatic nitrogens is 2. The van der Waals surface area contributed by atoms with Gasteiger partial charge in [0.05, 0.1) is 30.6 Å². The summed E-state index contributed by atoms with van der Waals surface area (Å²) in [6, 6.07) is 11.0. The Morgan fingerprint density at radius 2 is 1.90 bits per heavy atom. The number of halogens is 1. The molecule has 1 aromatic heterocycles. The van der Waals surface area contributed by atoms with Crippen molar-refractivity contribution in [2.75, 3.05) is 7.11 Å². The van der Waals surface area contributed by atoms with Gasteiger partial charge in [0.25, 0.3) is 5.91 Å². The fraction of sp³-hybridized carbons (Fsp3) is 0.273. The highest BCUT2D eigenvalue weighted by atomic mass is 35.5. The number of amides is 1. The number of methoxy groups -OCH3 is 1. The lowest BCUT2D eigenvalue weighted by Crippen LogP contribution is -2.26. The van der Waals surface area contributed by atoms with E-state index in [0.717, 1.165) is 11.3 Å². The largest absolute Gasteiger partial charge is 0.493 e. The summed E-state index contributed by atoms with van der Waals surface area (Å²) in [4.78, 5) is 16.8. The third-order valence-corrected chi connectivity index (χ3v) is 4.67. The minimum atomic E-state index is -0.243. The molecule has 1 heterocycles. The maximum Gasteiger partial charge on any atom is 0.251 e. The first kappa shape index (κ1) is 20.7. The average Bonchev–Trinajstić information content (AvgIpc) is 3.24. The van der Waals surface area contributed by atoms with Crippen LogP contribution in [0.2, 0.25) is 5.02 Å². The Morgan fingerprint density at radius 3 is 2.48 bits per heavy atom. The average molecular weight is 414 g/mol. The van der Waals surface area contributed by atoms with E-state index >= 15 is 0 Å². The van der Waals surface area contributed by atoms with E-state index in [9.17, 15) is 4.79 Å². The third kappa shape index (κ3) is 4.90. The Hall–Kier alpha value is -2.99. The molecule has 0 unspecified atom stereocenters. The molecule has 0 bridgehead atoms. The number of nitrogens with zero attached hydrogens (tertiary/aromatic N) is 2. The summed E-state index contributed by atoms with van der Waals surface area (Å²) in [6.45, 7) is 5.73.